The summed E-state index contributed by atoms with van der Waals surface area (Å²) in [7, 11) is -3.82. The van der Waals surface area contributed by atoms with Gasteiger partial charge in [-0.05, 0) is 56.3 Å². The number of hydrogen-bond acceptors (Lipinski definition) is 5. The second-order valence-corrected chi connectivity index (χ2v) is 10.5. The van der Waals surface area contributed by atoms with Crippen LogP contribution in [0.2, 0.25) is 0 Å². The normalized spacial score (nSPS) is 19.1. The molecule has 1 saturated heterocycles. The van der Waals surface area contributed by atoms with E-state index in [0.717, 1.165) is 0 Å². The Labute approximate surface area is 197 Å². The smallest absolute Gasteiger partial charge is 0.309 e. The third-order valence-electron chi connectivity index (χ3n) is 5.81. The number of halogens is 1. The number of sulfonamides is 1. The Balaban J connectivity index is 1.68. The van der Waals surface area contributed by atoms with Gasteiger partial charge in [0.05, 0.1) is 34.7 Å². The third-order valence-corrected chi connectivity index (χ3v) is 7.66. The van der Waals surface area contributed by atoms with Gasteiger partial charge in [-0.15, -0.1) is 6.58 Å². The first kappa shape index (κ1) is 23.9. The molecule has 3 aromatic rings. The Hall–Kier alpha value is -3.24. The van der Waals surface area contributed by atoms with Gasteiger partial charge in [0.2, 0.25) is 10.0 Å². The molecule has 1 aromatic heterocycles. The number of carboxylic acid groups (broad SMARTS) is 1. The first-order valence-electron chi connectivity index (χ1n) is 10.9. The van der Waals surface area contributed by atoms with E-state index in [2.05, 4.69) is 11.7 Å². The van der Waals surface area contributed by atoms with Crippen LogP contribution in [0.4, 0.5) is 4.39 Å². The maximum Gasteiger partial charge on any atom is 0.309 e. The lowest BCUT2D eigenvalue weighted by atomic mass is 10.0. The summed E-state index contributed by atoms with van der Waals surface area (Å²) in [4.78, 5) is 11.5. The monoisotopic (exact) mass is 487 g/mol. The number of carboxylic acids is 1. The fourth-order valence-electron chi connectivity index (χ4n) is 4.28. The Morgan fingerprint density at radius 1 is 1.26 bits per heavy atom. The SMILES string of the molecule is C=C[C@@H]1CN(S(=O)(=O)c2ccc(OC(C)C)cc2)C[C@@H]1n1nc(CC(=O)O)c2ccc(F)cc21. The minimum absolute atomic E-state index is 0.0325. The topological polar surface area (TPSA) is 102 Å². The molecule has 0 aliphatic carbocycles. The number of benzene rings is 2. The van der Waals surface area contributed by atoms with Crippen molar-refractivity contribution in [3.63, 3.8) is 0 Å². The van der Waals surface area contributed by atoms with E-state index in [1.807, 2.05) is 13.8 Å². The van der Waals surface area contributed by atoms with Crippen molar-refractivity contribution in [3.8, 4) is 5.75 Å². The fourth-order valence-corrected chi connectivity index (χ4v) is 5.77. The van der Waals surface area contributed by atoms with Crippen molar-refractivity contribution in [2.45, 2.75) is 37.3 Å². The zero-order valence-electron chi connectivity index (χ0n) is 18.9. The van der Waals surface area contributed by atoms with Gasteiger partial charge in [-0.1, -0.05) is 6.08 Å². The molecule has 4 rings (SSSR count). The number of rotatable bonds is 8. The van der Waals surface area contributed by atoms with Crippen molar-refractivity contribution in [2.75, 3.05) is 13.1 Å². The number of ether oxygens (including phenoxy) is 1. The summed E-state index contributed by atoms with van der Waals surface area (Å²) in [5.41, 5.74) is 0.717. The Bertz CT molecular complexity index is 1330. The van der Waals surface area contributed by atoms with E-state index >= 15 is 0 Å². The average Bonchev–Trinajstić information content (AvgIpc) is 3.35. The number of carbonyl (C=O) groups is 1. The van der Waals surface area contributed by atoms with Crippen LogP contribution < -0.4 is 4.74 Å². The standard InChI is InChI=1S/C24H26FN3O5S/c1-4-16-13-27(34(31,32)19-8-6-18(7-9-19)33-15(2)3)14-23(16)28-22-11-17(25)5-10-20(22)21(26-28)12-24(29)30/h4-11,15-16,23H,1,12-14H2,2-3H3,(H,29,30)/t16-,23+/m1/s1. The molecule has 0 amide bonds. The Morgan fingerprint density at radius 3 is 2.59 bits per heavy atom. The largest absolute Gasteiger partial charge is 0.491 e. The predicted molar refractivity (Wildman–Crippen MR) is 125 cm³/mol. The van der Waals surface area contributed by atoms with E-state index in [0.29, 0.717) is 22.3 Å². The molecular formula is C24H26FN3O5S. The van der Waals surface area contributed by atoms with Crippen LogP contribution in [-0.2, 0) is 21.2 Å². The van der Waals surface area contributed by atoms with E-state index < -0.39 is 27.9 Å². The quantitative estimate of drug-likeness (QED) is 0.487. The van der Waals surface area contributed by atoms with Gasteiger partial charge in [0.15, 0.2) is 0 Å². The maximum atomic E-state index is 14.1. The zero-order valence-corrected chi connectivity index (χ0v) is 19.7. The predicted octanol–water partition coefficient (Wildman–Crippen LogP) is 3.64. The number of aromatic nitrogens is 2. The molecule has 0 saturated carbocycles. The average molecular weight is 488 g/mol. The third kappa shape index (κ3) is 4.55. The Kier molecular flexibility index (Phi) is 6.46. The van der Waals surface area contributed by atoms with E-state index in [9.17, 15) is 22.7 Å². The van der Waals surface area contributed by atoms with Crippen LogP contribution in [0.3, 0.4) is 0 Å². The second kappa shape index (κ2) is 9.19. The summed E-state index contributed by atoms with van der Waals surface area (Å²) >= 11 is 0. The molecular weight excluding hydrogens is 461 g/mol. The van der Waals surface area contributed by atoms with Crippen molar-refractivity contribution in [2.24, 2.45) is 5.92 Å². The molecule has 0 spiro atoms. The molecule has 8 nitrogen and oxygen atoms in total. The maximum absolute atomic E-state index is 14.1. The van der Waals surface area contributed by atoms with Gasteiger partial charge in [0.1, 0.15) is 11.6 Å². The summed E-state index contributed by atoms with van der Waals surface area (Å²) in [6.45, 7) is 7.88. The molecule has 10 heteroatoms. The number of fused-ring (bicyclic) bond motifs is 1. The molecule has 1 fully saturated rings. The molecule has 0 unspecified atom stereocenters. The van der Waals surface area contributed by atoms with Gasteiger partial charge >= 0.3 is 5.97 Å². The minimum atomic E-state index is -3.82. The van der Waals surface area contributed by atoms with Gasteiger partial charge < -0.3 is 9.84 Å². The highest BCUT2D eigenvalue weighted by Gasteiger charge is 2.40. The van der Waals surface area contributed by atoms with Crippen molar-refractivity contribution in [3.05, 3.63) is 66.6 Å². The van der Waals surface area contributed by atoms with Gasteiger partial charge in [0, 0.05) is 24.4 Å². The summed E-state index contributed by atoms with van der Waals surface area (Å²) in [5, 5.41) is 14.2. The summed E-state index contributed by atoms with van der Waals surface area (Å²) in [5.74, 6) is -1.27. The van der Waals surface area contributed by atoms with Crippen LogP contribution in [0.15, 0.2) is 60.0 Å². The van der Waals surface area contributed by atoms with E-state index in [-0.39, 0.29) is 36.4 Å². The molecule has 2 heterocycles. The van der Waals surface area contributed by atoms with Gasteiger partial charge in [-0.3, -0.25) is 9.48 Å². The van der Waals surface area contributed by atoms with Crippen molar-refractivity contribution >= 4 is 26.9 Å². The fraction of sp³-hybridized carbons (Fsp3) is 0.333. The highest BCUT2D eigenvalue weighted by Crippen LogP contribution is 2.35. The van der Waals surface area contributed by atoms with Crippen LogP contribution >= 0.6 is 0 Å². The van der Waals surface area contributed by atoms with Crippen molar-refractivity contribution in [1.82, 2.24) is 14.1 Å². The summed E-state index contributed by atoms with van der Waals surface area (Å²) < 4.78 is 49.3. The lowest BCUT2D eigenvalue weighted by Crippen LogP contribution is -2.29. The van der Waals surface area contributed by atoms with Crippen molar-refractivity contribution < 1.29 is 27.4 Å². The van der Waals surface area contributed by atoms with Crippen LogP contribution in [0.5, 0.6) is 5.75 Å². The molecule has 1 aliphatic heterocycles. The molecule has 2 atom stereocenters. The Morgan fingerprint density at radius 2 is 1.97 bits per heavy atom. The number of nitrogens with zero attached hydrogens (tertiary/aromatic N) is 3. The highest BCUT2D eigenvalue weighted by molar-refractivity contribution is 7.89. The number of hydrogen-bond donors (Lipinski definition) is 1. The second-order valence-electron chi connectivity index (χ2n) is 8.55. The molecule has 0 bridgehead atoms. The van der Waals surface area contributed by atoms with E-state index in [1.54, 1.807) is 18.2 Å². The van der Waals surface area contributed by atoms with Crippen LogP contribution in [0.1, 0.15) is 25.6 Å². The molecule has 34 heavy (non-hydrogen) atoms. The lowest BCUT2D eigenvalue weighted by molar-refractivity contribution is -0.136. The van der Waals surface area contributed by atoms with Gasteiger partial charge in [-0.2, -0.15) is 9.40 Å². The number of aliphatic carboxylic acids is 1. The lowest BCUT2D eigenvalue weighted by Gasteiger charge is -2.18. The molecule has 1 aliphatic rings. The van der Waals surface area contributed by atoms with E-state index in [1.165, 1.54) is 39.3 Å². The first-order valence-corrected chi connectivity index (χ1v) is 12.3. The van der Waals surface area contributed by atoms with Gasteiger partial charge in [0.25, 0.3) is 0 Å². The van der Waals surface area contributed by atoms with Crippen LogP contribution in [-0.4, -0.2) is 52.8 Å². The summed E-state index contributed by atoms with van der Waals surface area (Å²) in [6, 6.07) is 9.82. The highest BCUT2D eigenvalue weighted by atomic mass is 32.2. The molecule has 2 aromatic carbocycles. The van der Waals surface area contributed by atoms with E-state index in [4.69, 9.17) is 4.74 Å². The molecule has 1 N–H and O–H groups in total. The summed E-state index contributed by atoms with van der Waals surface area (Å²) in [6.07, 6.45) is 1.30. The van der Waals surface area contributed by atoms with Gasteiger partial charge in [-0.25, -0.2) is 12.8 Å². The molecule has 0 radical (unpaired) electrons. The molecule has 180 valence electrons. The van der Waals surface area contributed by atoms with Crippen molar-refractivity contribution in [1.29, 1.82) is 0 Å². The first-order chi connectivity index (χ1) is 16.1. The van der Waals surface area contributed by atoms with Crippen LogP contribution in [0, 0.1) is 11.7 Å². The zero-order chi connectivity index (χ0) is 24.6. The minimum Gasteiger partial charge on any atom is -0.491 e. The van der Waals surface area contributed by atoms with Crippen LogP contribution in [0.25, 0.3) is 10.9 Å².